The summed E-state index contributed by atoms with van der Waals surface area (Å²) in [7, 11) is -4.52. The van der Waals surface area contributed by atoms with Crippen molar-refractivity contribution in [1.82, 2.24) is 0 Å². The number of nitrogens with two attached hydrogens (primary N) is 2. The van der Waals surface area contributed by atoms with E-state index in [1.807, 2.05) is 0 Å². The van der Waals surface area contributed by atoms with Crippen molar-refractivity contribution in [3.63, 3.8) is 0 Å². The first-order chi connectivity index (χ1) is 18.1. The van der Waals surface area contributed by atoms with E-state index in [0.717, 1.165) is 0 Å². The largest absolute Gasteiger partial charge is 2.00 e. The number of benzene rings is 4. The monoisotopic (exact) mass is 660 g/mol. The van der Waals surface area contributed by atoms with Crippen molar-refractivity contribution in [2.75, 3.05) is 25.7 Å². The molecule has 208 valence electrons. The number of nitrogen functional groups attached to an aromatic ring is 2. The van der Waals surface area contributed by atoms with Gasteiger partial charge in [0.05, 0.1) is 24.0 Å². The van der Waals surface area contributed by atoms with E-state index in [0.29, 0.717) is 22.9 Å². The van der Waals surface area contributed by atoms with Gasteiger partial charge in [0, 0.05) is 11.4 Å². The van der Waals surface area contributed by atoms with Crippen molar-refractivity contribution in [2.45, 2.75) is 9.79 Å². The molecule has 4 aromatic rings. The van der Waals surface area contributed by atoms with E-state index in [-0.39, 0.29) is 41.6 Å². The Balaban J connectivity index is 0.000000267. The van der Waals surface area contributed by atoms with Crippen LogP contribution in [0.4, 0.5) is 22.7 Å². The standard InChI is InChI=1S/2C13H13N2O3S.Pd/c2*1-18-10-6-8-11(9-7-10)19(16,17)15-13-5-3-2-4-12(13)14;/h2*2-9H,14H2,1H3;/q2*-1;+2. The number of methoxy groups -OCH3 is 2. The zero-order valence-electron chi connectivity index (χ0n) is 20.9. The molecule has 0 atom stereocenters. The summed E-state index contributed by atoms with van der Waals surface area (Å²) < 4.78 is 65.8. The number of hydrogen-bond acceptors (Lipinski definition) is 8. The topological polar surface area (TPSA) is 167 Å². The maximum Gasteiger partial charge on any atom is 2.00 e. The molecule has 0 aromatic heterocycles. The zero-order valence-corrected chi connectivity index (χ0v) is 24.1. The molecule has 39 heavy (non-hydrogen) atoms. The first-order valence-corrected chi connectivity index (χ1v) is 13.9. The SMILES string of the molecule is COc1ccc(S(=O)(=O)[N-]c2ccccc2N)cc1.COc1ccc(S(=O)(=O)[N-]c2ccccc2N)cc1.[Pd+2]. The normalized spacial score (nSPS) is 10.7. The summed E-state index contributed by atoms with van der Waals surface area (Å²) in [6.45, 7) is 0. The molecule has 0 unspecified atom stereocenters. The summed E-state index contributed by atoms with van der Waals surface area (Å²) in [5.41, 5.74) is 12.5. The fourth-order valence-corrected chi connectivity index (χ4v) is 5.02. The van der Waals surface area contributed by atoms with Gasteiger partial charge in [0.15, 0.2) is 0 Å². The van der Waals surface area contributed by atoms with Crippen LogP contribution in [0.25, 0.3) is 9.44 Å². The molecular formula is C26H26N4O6PdS2. The van der Waals surface area contributed by atoms with Crippen molar-refractivity contribution >= 4 is 42.8 Å². The van der Waals surface area contributed by atoms with Crippen molar-refractivity contribution in [1.29, 1.82) is 0 Å². The minimum absolute atomic E-state index is 0. The van der Waals surface area contributed by atoms with Crippen LogP contribution in [-0.2, 0) is 40.5 Å². The Morgan fingerprint density at radius 3 is 1.13 bits per heavy atom. The van der Waals surface area contributed by atoms with E-state index in [9.17, 15) is 16.8 Å². The van der Waals surface area contributed by atoms with E-state index in [1.165, 1.54) is 38.5 Å². The van der Waals surface area contributed by atoms with Crippen LogP contribution in [0, 0.1) is 0 Å². The second kappa shape index (κ2) is 13.9. The molecule has 0 amide bonds. The number of para-hydroxylation sites is 2. The Kier molecular flexibility index (Phi) is 11.2. The second-order valence-electron chi connectivity index (χ2n) is 7.60. The first-order valence-electron chi connectivity index (χ1n) is 11.0. The summed E-state index contributed by atoms with van der Waals surface area (Å²) in [6, 6.07) is 25.1. The minimum Gasteiger partial charge on any atom is -0.571 e. The average Bonchev–Trinajstić information content (AvgIpc) is 2.91. The third kappa shape index (κ3) is 8.63. The number of sulfonamides is 2. The van der Waals surface area contributed by atoms with Crippen molar-refractivity contribution in [2.24, 2.45) is 0 Å². The number of ether oxygens (including phenoxy) is 2. The predicted molar refractivity (Wildman–Crippen MR) is 148 cm³/mol. The van der Waals surface area contributed by atoms with Gasteiger partial charge in [-0.3, -0.25) is 0 Å². The van der Waals surface area contributed by atoms with Gasteiger partial charge < -0.3 is 30.4 Å². The van der Waals surface area contributed by atoms with Gasteiger partial charge >= 0.3 is 20.4 Å². The molecule has 0 bridgehead atoms. The summed E-state index contributed by atoms with van der Waals surface area (Å²) in [5, 5.41) is 0. The third-order valence-electron chi connectivity index (χ3n) is 5.03. The summed E-state index contributed by atoms with van der Waals surface area (Å²) in [4.78, 5) is 0.188. The molecule has 13 heteroatoms. The Morgan fingerprint density at radius 1 is 0.538 bits per heavy atom. The molecule has 0 fully saturated rings. The molecule has 4 rings (SSSR count). The Morgan fingerprint density at radius 2 is 0.846 bits per heavy atom. The van der Waals surface area contributed by atoms with Crippen LogP contribution in [0.15, 0.2) is 107 Å². The summed E-state index contributed by atoms with van der Waals surface area (Å²) >= 11 is 0. The molecule has 0 saturated carbocycles. The Hall–Kier alpha value is -3.76. The molecule has 0 radical (unpaired) electrons. The van der Waals surface area contributed by atoms with Crippen LogP contribution >= 0.6 is 0 Å². The number of nitrogens with zero attached hydrogens (tertiary/aromatic N) is 2. The van der Waals surface area contributed by atoms with E-state index in [2.05, 4.69) is 9.44 Å². The van der Waals surface area contributed by atoms with E-state index >= 15 is 0 Å². The van der Waals surface area contributed by atoms with Gasteiger partial charge in [-0.25, -0.2) is 16.8 Å². The Labute approximate surface area is 242 Å². The van der Waals surface area contributed by atoms with Gasteiger partial charge in [-0.05, 0) is 60.7 Å². The predicted octanol–water partition coefficient (Wildman–Crippen LogP) is 5.34. The summed E-state index contributed by atoms with van der Waals surface area (Å²) in [5.74, 6) is 1.16. The molecule has 0 heterocycles. The van der Waals surface area contributed by atoms with E-state index in [4.69, 9.17) is 20.9 Å². The quantitative estimate of drug-likeness (QED) is 0.189. The van der Waals surface area contributed by atoms with Gasteiger partial charge in [-0.1, -0.05) is 36.4 Å². The van der Waals surface area contributed by atoms with Crippen molar-refractivity contribution in [3.05, 3.63) is 107 Å². The van der Waals surface area contributed by atoms with Gasteiger partial charge in [-0.2, -0.15) is 0 Å². The first kappa shape index (κ1) is 31.5. The third-order valence-corrected chi connectivity index (χ3v) is 7.64. The van der Waals surface area contributed by atoms with Crippen LogP contribution in [0.1, 0.15) is 0 Å². The van der Waals surface area contributed by atoms with E-state index < -0.39 is 20.0 Å². The number of anilines is 2. The van der Waals surface area contributed by atoms with Gasteiger partial charge in [-0.15, -0.1) is 11.4 Å². The maximum absolute atomic E-state index is 12.1. The molecule has 4 N–H and O–H groups in total. The average molecular weight is 661 g/mol. The fraction of sp³-hybridized carbons (Fsp3) is 0.0769. The van der Waals surface area contributed by atoms with Crippen LogP contribution in [-0.4, -0.2) is 31.1 Å². The maximum atomic E-state index is 12.1. The number of hydrogen-bond donors (Lipinski definition) is 2. The van der Waals surface area contributed by atoms with Crippen molar-refractivity contribution < 1.29 is 46.7 Å². The van der Waals surface area contributed by atoms with Crippen molar-refractivity contribution in [3.8, 4) is 11.5 Å². The molecule has 0 aliphatic rings. The second-order valence-corrected chi connectivity index (χ2v) is 10.8. The molecule has 0 aliphatic carbocycles. The Bertz CT molecular complexity index is 1460. The summed E-state index contributed by atoms with van der Waals surface area (Å²) in [6.07, 6.45) is 0. The zero-order chi connectivity index (χ0) is 27.8. The molecule has 0 aliphatic heterocycles. The molecule has 0 saturated heterocycles. The van der Waals surface area contributed by atoms with Crippen LogP contribution in [0.3, 0.4) is 0 Å². The molecule has 4 aromatic carbocycles. The van der Waals surface area contributed by atoms with E-state index in [1.54, 1.807) is 72.8 Å². The van der Waals surface area contributed by atoms with Gasteiger partial charge in [0.1, 0.15) is 31.5 Å². The fourth-order valence-electron chi connectivity index (χ4n) is 3.00. The molecular weight excluding hydrogens is 635 g/mol. The van der Waals surface area contributed by atoms with Gasteiger partial charge in [0.2, 0.25) is 0 Å². The van der Waals surface area contributed by atoms with Crippen LogP contribution < -0.4 is 20.9 Å². The van der Waals surface area contributed by atoms with Gasteiger partial charge in [0.25, 0.3) is 0 Å². The molecule has 0 spiro atoms. The minimum atomic E-state index is -3.77. The number of rotatable bonds is 8. The molecule has 10 nitrogen and oxygen atoms in total. The smallest absolute Gasteiger partial charge is 0.571 e. The van der Waals surface area contributed by atoms with Crippen LogP contribution in [0.2, 0.25) is 0 Å². The van der Waals surface area contributed by atoms with Crippen LogP contribution in [0.5, 0.6) is 11.5 Å².